The number of aryl methyl sites for hydroxylation is 2. The quantitative estimate of drug-likeness (QED) is 0.568. The van der Waals surface area contributed by atoms with Gasteiger partial charge in [-0.2, -0.15) is 0 Å². The van der Waals surface area contributed by atoms with Gasteiger partial charge in [0.1, 0.15) is 4.83 Å². The molecule has 1 aliphatic rings. The van der Waals surface area contributed by atoms with E-state index in [9.17, 15) is 9.59 Å². The summed E-state index contributed by atoms with van der Waals surface area (Å²) in [7, 11) is 0. The number of hydrogen-bond acceptors (Lipinski definition) is 5. The summed E-state index contributed by atoms with van der Waals surface area (Å²) in [6.45, 7) is 10.2. The summed E-state index contributed by atoms with van der Waals surface area (Å²) in [5.74, 6) is 0.666. The van der Waals surface area contributed by atoms with E-state index < -0.39 is 0 Å². The highest BCUT2D eigenvalue weighted by Crippen LogP contribution is 2.34. The third kappa shape index (κ3) is 4.24. The lowest BCUT2D eigenvalue weighted by Crippen LogP contribution is -2.37. The van der Waals surface area contributed by atoms with Crippen LogP contribution in [0.3, 0.4) is 0 Å². The van der Waals surface area contributed by atoms with Gasteiger partial charge in [-0.3, -0.25) is 14.2 Å². The highest BCUT2D eigenvalue weighted by atomic mass is 32.2. The number of carbonyl (C=O) groups excluding carboxylic acids is 1. The van der Waals surface area contributed by atoms with Gasteiger partial charge in [0.2, 0.25) is 5.91 Å². The Labute approximate surface area is 169 Å². The first-order chi connectivity index (χ1) is 12.8. The zero-order valence-corrected chi connectivity index (χ0v) is 18.4. The smallest absolute Gasteiger partial charge is 0.263 e. The van der Waals surface area contributed by atoms with Gasteiger partial charge in [-0.15, -0.1) is 11.3 Å². The molecular weight excluding hydrogens is 378 g/mol. The normalized spacial score (nSPS) is 16.4. The van der Waals surface area contributed by atoms with E-state index in [1.807, 2.05) is 25.3 Å². The molecule has 0 bridgehead atoms. The molecule has 7 heteroatoms. The van der Waals surface area contributed by atoms with Crippen LogP contribution in [-0.4, -0.2) is 27.3 Å². The average Bonchev–Trinajstić information content (AvgIpc) is 3.22. The van der Waals surface area contributed by atoms with Crippen molar-refractivity contribution in [2.24, 2.45) is 5.92 Å². The van der Waals surface area contributed by atoms with Gasteiger partial charge in [-0.05, 0) is 45.1 Å². The number of rotatable bonds is 6. The van der Waals surface area contributed by atoms with Gasteiger partial charge in [0.05, 0.1) is 11.1 Å². The molecule has 148 valence electrons. The van der Waals surface area contributed by atoms with E-state index in [0.717, 1.165) is 46.3 Å². The molecule has 0 unspecified atom stereocenters. The van der Waals surface area contributed by atoms with Crippen LogP contribution in [0.15, 0.2) is 9.95 Å². The van der Waals surface area contributed by atoms with Crippen LogP contribution in [0.4, 0.5) is 0 Å². The molecule has 1 amide bonds. The minimum Gasteiger partial charge on any atom is -0.353 e. The molecule has 1 atom stereocenters. The molecule has 5 nitrogen and oxygen atoms in total. The summed E-state index contributed by atoms with van der Waals surface area (Å²) in [5.41, 5.74) is 1.10. The lowest BCUT2D eigenvalue weighted by molar-refractivity contribution is -0.119. The van der Waals surface area contributed by atoms with Crippen LogP contribution in [0.1, 0.15) is 62.9 Å². The maximum Gasteiger partial charge on any atom is 0.263 e. The van der Waals surface area contributed by atoms with Crippen molar-refractivity contribution in [3.8, 4) is 0 Å². The summed E-state index contributed by atoms with van der Waals surface area (Å²) in [6.07, 6.45) is 4.32. The van der Waals surface area contributed by atoms with Gasteiger partial charge < -0.3 is 5.32 Å². The van der Waals surface area contributed by atoms with Crippen LogP contribution in [0, 0.1) is 19.8 Å². The SMILES string of the molecule is Cc1sc2nc(SCC(=O)N[C@@H](C)C(C)C)n(C3CCCC3)c(=O)c2c1C. The average molecular weight is 408 g/mol. The first-order valence-corrected chi connectivity index (χ1v) is 11.5. The molecule has 2 aromatic rings. The molecule has 0 aromatic carbocycles. The lowest BCUT2D eigenvalue weighted by Gasteiger charge is -2.19. The van der Waals surface area contributed by atoms with Crippen molar-refractivity contribution in [1.29, 1.82) is 0 Å². The van der Waals surface area contributed by atoms with Gasteiger partial charge in [-0.1, -0.05) is 38.5 Å². The van der Waals surface area contributed by atoms with E-state index in [4.69, 9.17) is 4.98 Å². The van der Waals surface area contributed by atoms with E-state index in [2.05, 4.69) is 19.2 Å². The first-order valence-electron chi connectivity index (χ1n) is 9.74. The number of nitrogens with zero attached hydrogens (tertiary/aromatic N) is 2. The monoisotopic (exact) mass is 407 g/mol. The number of nitrogens with one attached hydrogen (secondary N) is 1. The molecule has 1 saturated carbocycles. The molecule has 2 heterocycles. The summed E-state index contributed by atoms with van der Waals surface area (Å²) >= 11 is 2.96. The summed E-state index contributed by atoms with van der Waals surface area (Å²) in [4.78, 5) is 32.4. The Morgan fingerprint density at radius 3 is 2.59 bits per heavy atom. The fraction of sp³-hybridized carbons (Fsp3) is 0.650. The van der Waals surface area contributed by atoms with Crippen LogP contribution < -0.4 is 10.9 Å². The highest BCUT2D eigenvalue weighted by Gasteiger charge is 2.25. The molecule has 1 aliphatic carbocycles. The van der Waals surface area contributed by atoms with E-state index in [1.165, 1.54) is 11.8 Å². The van der Waals surface area contributed by atoms with Gasteiger partial charge in [0.15, 0.2) is 5.16 Å². The number of thioether (sulfide) groups is 1. The van der Waals surface area contributed by atoms with Crippen molar-refractivity contribution >= 4 is 39.2 Å². The van der Waals surface area contributed by atoms with E-state index in [1.54, 1.807) is 11.3 Å². The predicted molar refractivity (Wildman–Crippen MR) is 114 cm³/mol. The standard InChI is InChI=1S/C20H29N3O2S2/c1-11(2)13(4)21-16(24)10-26-20-22-18-17(12(3)14(5)27-18)19(25)23(20)15-8-6-7-9-15/h11,13,15H,6-10H2,1-5H3,(H,21,24)/t13-/m0/s1. The Bertz CT molecular complexity index is 895. The second-order valence-electron chi connectivity index (χ2n) is 7.86. The molecule has 0 aliphatic heterocycles. The highest BCUT2D eigenvalue weighted by molar-refractivity contribution is 7.99. The zero-order valence-electron chi connectivity index (χ0n) is 16.8. The number of aromatic nitrogens is 2. The largest absolute Gasteiger partial charge is 0.353 e. The molecule has 0 radical (unpaired) electrons. The Kier molecular flexibility index (Phi) is 6.31. The van der Waals surface area contributed by atoms with Crippen LogP contribution in [0.2, 0.25) is 0 Å². The molecule has 27 heavy (non-hydrogen) atoms. The lowest BCUT2D eigenvalue weighted by atomic mass is 10.1. The van der Waals surface area contributed by atoms with Crippen molar-refractivity contribution in [3.63, 3.8) is 0 Å². The molecule has 0 spiro atoms. The molecule has 1 fully saturated rings. The van der Waals surface area contributed by atoms with Crippen LogP contribution in [-0.2, 0) is 4.79 Å². The molecule has 3 rings (SSSR count). The van der Waals surface area contributed by atoms with Crippen molar-refractivity contribution < 1.29 is 4.79 Å². The zero-order chi connectivity index (χ0) is 19.7. The first kappa shape index (κ1) is 20.4. The maximum absolute atomic E-state index is 13.3. The fourth-order valence-electron chi connectivity index (χ4n) is 3.47. The van der Waals surface area contributed by atoms with E-state index >= 15 is 0 Å². The van der Waals surface area contributed by atoms with Crippen molar-refractivity contribution in [2.45, 2.75) is 77.5 Å². The molecule has 0 saturated heterocycles. The Morgan fingerprint density at radius 2 is 1.96 bits per heavy atom. The second-order valence-corrected chi connectivity index (χ2v) is 10.0. The topological polar surface area (TPSA) is 64.0 Å². The molecular formula is C20H29N3O2S2. The van der Waals surface area contributed by atoms with Crippen molar-refractivity contribution in [3.05, 3.63) is 20.8 Å². The van der Waals surface area contributed by atoms with Gasteiger partial charge in [-0.25, -0.2) is 4.98 Å². The number of fused-ring (bicyclic) bond motifs is 1. The van der Waals surface area contributed by atoms with Crippen LogP contribution in [0.25, 0.3) is 10.2 Å². The predicted octanol–water partition coefficient (Wildman–Crippen LogP) is 4.44. The van der Waals surface area contributed by atoms with Gasteiger partial charge in [0.25, 0.3) is 5.56 Å². The summed E-state index contributed by atoms with van der Waals surface area (Å²) in [6, 6.07) is 0.335. The minimum absolute atomic E-state index is 0.00735. The van der Waals surface area contributed by atoms with Crippen LogP contribution >= 0.6 is 23.1 Å². The molecule has 2 aromatic heterocycles. The summed E-state index contributed by atoms with van der Waals surface area (Å²) < 4.78 is 1.87. The molecule has 1 N–H and O–H groups in total. The Morgan fingerprint density at radius 1 is 1.30 bits per heavy atom. The third-order valence-electron chi connectivity index (χ3n) is 5.61. The number of hydrogen-bond donors (Lipinski definition) is 1. The van der Waals surface area contributed by atoms with Gasteiger partial charge >= 0.3 is 0 Å². The Hall–Kier alpha value is -1.34. The van der Waals surface area contributed by atoms with Crippen molar-refractivity contribution in [1.82, 2.24) is 14.9 Å². The summed E-state index contributed by atoms with van der Waals surface area (Å²) in [5, 5.41) is 4.48. The fourth-order valence-corrected chi connectivity index (χ4v) is 5.41. The number of amides is 1. The van der Waals surface area contributed by atoms with Crippen molar-refractivity contribution in [2.75, 3.05) is 5.75 Å². The Balaban J connectivity index is 1.92. The third-order valence-corrected chi connectivity index (χ3v) is 7.67. The maximum atomic E-state index is 13.3. The minimum atomic E-state index is -0.00735. The van der Waals surface area contributed by atoms with E-state index in [0.29, 0.717) is 11.1 Å². The van der Waals surface area contributed by atoms with E-state index in [-0.39, 0.29) is 29.3 Å². The van der Waals surface area contributed by atoms with Gasteiger partial charge in [0, 0.05) is 17.0 Å². The second kappa shape index (κ2) is 8.35. The number of carbonyl (C=O) groups is 1. The number of thiophene rings is 1. The van der Waals surface area contributed by atoms with Crippen LogP contribution in [0.5, 0.6) is 0 Å².